The van der Waals surface area contributed by atoms with Gasteiger partial charge in [-0.3, -0.25) is 19.8 Å². The summed E-state index contributed by atoms with van der Waals surface area (Å²) in [4.78, 5) is 35.2. The van der Waals surface area contributed by atoms with Gasteiger partial charge in [0.1, 0.15) is 0 Å². The number of carboxylic acid groups (broad SMARTS) is 1. The lowest BCUT2D eigenvalue weighted by molar-refractivity contribution is -0.137. The highest BCUT2D eigenvalue weighted by Crippen LogP contribution is 2.14. The SMILES string of the molecule is Cc1cccc(N(C)C(=O)NC(=O)CCCCC(=O)O)c1. The van der Waals surface area contributed by atoms with E-state index in [-0.39, 0.29) is 12.8 Å². The van der Waals surface area contributed by atoms with E-state index in [1.807, 2.05) is 25.1 Å². The molecule has 114 valence electrons. The van der Waals surface area contributed by atoms with Gasteiger partial charge in [0.25, 0.3) is 0 Å². The predicted molar refractivity (Wildman–Crippen MR) is 79.2 cm³/mol. The van der Waals surface area contributed by atoms with E-state index in [4.69, 9.17) is 5.11 Å². The van der Waals surface area contributed by atoms with E-state index < -0.39 is 17.9 Å². The molecule has 0 saturated carbocycles. The lowest BCUT2D eigenvalue weighted by atomic mass is 10.2. The molecule has 0 aliphatic heterocycles. The van der Waals surface area contributed by atoms with Crippen molar-refractivity contribution in [2.24, 2.45) is 0 Å². The van der Waals surface area contributed by atoms with Crippen molar-refractivity contribution in [2.45, 2.75) is 32.6 Å². The molecule has 0 spiro atoms. The van der Waals surface area contributed by atoms with Crippen LogP contribution in [0.2, 0.25) is 0 Å². The zero-order valence-electron chi connectivity index (χ0n) is 12.3. The molecule has 0 unspecified atom stereocenters. The fourth-order valence-electron chi connectivity index (χ4n) is 1.78. The molecule has 0 radical (unpaired) electrons. The van der Waals surface area contributed by atoms with E-state index in [0.717, 1.165) is 5.56 Å². The van der Waals surface area contributed by atoms with Crippen molar-refractivity contribution in [3.63, 3.8) is 0 Å². The fourth-order valence-corrected chi connectivity index (χ4v) is 1.78. The van der Waals surface area contributed by atoms with Crippen LogP contribution in [-0.2, 0) is 9.59 Å². The number of hydrogen-bond donors (Lipinski definition) is 2. The third-order valence-corrected chi connectivity index (χ3v) is 2.98. The molecule has 2 N–H and O–H groups in total. The molecular weight excluding hydrogens is 272 g/mol. The van der Waals surface area contributed by atoms with Crippen molar-refractivity contribution in [3.8, 4) is 0 Å². The van der Waals surface area contributed by atoms with E-state index >= 15 is 0 Å². The van der Waals surface area contributed by atoms with Crippen LogP contribution in [0.3, 0.4) is 0 Å². The zero-order valence-corrected chi connectivity index (χ0v) is 12.3. The molecule has 0 bridgehead atoms. The third kappa shape index (κ3) is 6.07. The first kappa shape index (κ1) is 16.7. The van der Waals surface area contributed by atoms with Gasteiger partial charge in [-0.05, 0) is 37.5 Å². The van der Waals surface area contributed by atoms with Gasteiger partial charge in [0.05, 0.1) is 0 Å². The van der Waals surface area contributed by atoms with Crippen molar-refractivity contribution in [1.29, 1.82) is 0 Å². The first-order valence-corrected chi connectivity index (χ1v) is 6.76. The number of urea groups is 1. The number of rotatable bonds is 6. The van der Waals surface area contributed by atoms with Gasteiger partial charge in [-0.2, -0.15) is 0 Å². The first-order valence-electron chi connectivity index (χ1n) is 6.76. The molecule has 6 heteroatoms. The monoisotopic (exact) mass is 292 g/mol. The van der Waals surface area contributed by atoms with Gasteiger partial charge in [0.15, 0.2) is 0 Å². The van der Waals surface area contributed by atoms with Gasteiger partial charge < -0.3 is 5.11 Å². The smallest absolute Gasteiger partial charge is 0.328 e. The van der Waals surface area contributed by atoms with Crippen LogP contribution in [0.5, 0.6) is 0 Å². The molecule has 0 atom stereocenters. The maximum Gasteiger partial charge on any atom is 0.328 e. The number of hydrogen-bond acceptors (Lipinski definition) is 3. The number of carboxylic acids is 1. The Morgan fingerprint density at radius 3 is 2.48 bits per heavy atom. The molecule has 0 saturated heterocycles. The number of nitrogens with zero attached hydrogens (tertiary/aromatic N) is 1. The second kappa shape index (κ2) is 8.04. The number of benzene rings is 1. The lowest BCUT2D eigenvalue weighted by Gasteiger charge is -2.17. The molecule has 1 aromatic rings. The molecule has 1 aromatic carbocycles. The van der Waals surface area contributed by atoms with Crippen LogP contribution in [0, 0.1) is 6.92 Å². The molecule has 0 aromatic heterocycles. The Kier molecular flexibility index (Phi) is 6.39. The van der Waals surface area contributed by atoms with Crippen molar-refractivity contribution < 1.29 is 19.5 Å². The van der Waals surface area contributed by atoms with Crippen molar-refractivity contribution in [1.82, 2.24) is 5.32 Å². The standard InChI is InChI=1S/C15H20N2O4/c1-11-6-5-7-12(10-11)17(2)15(21)16-13(18)8-3-4-9-14(19)20/h5-7,10H,3-4,8-9H2,1-2H3,(H,19,20)(H,16,18,21). The zero-order chi connectivity index (χ0) is 15.8. The minimum atomic E-state index is -0.884. The number of nitrogens with one attached hydrogen (secondary N) is 1. The molecular formula is C15H20N2O4. The van der Waals surface area contributed by atoms with Crippen LogP contribution >= 0.6 is 0 Å². The fraction of sp³-hybridized carbons (Fsp3) is 0.400. The Balaban J connectivity index is 2.41. The second-order valence-corrected chi connectivity index (χ2v) is 4.85. The van der Waals surface area contributed by atoms with Crippen LogP contribution < -0.4 is 10.2 Å². The van der Waals surface area contributed by atoms with E-state index in [0.29, 0.717) is 18.5 Å². The van der Waals surface area contributed by atoms with Crippen LogP contribution in [0.25, 0.3) is 0 Å². The van der Waals surface area contributed by atoms with Crippen LogP contribution in [0.15, 0.2) is 24.3 Å². The molecule has 0 fully saturated rings. The minimum Gasteiger partial charge on any atom is -0.481 e. The van der Waals surface area contributed by atoms with Gasteiger partial charge >= 0.3 is 12.0 Å². The second-order valence-electron chi connectivity index (χ2n) is 4.85. The minimum absolute atomic E-state index is 0.0322. The maximum atomic E-state index is 11.9. The quantitative estimate of drug-likeness (QED) is 0.788. The molecule has 6 nitrogen and oxygen atoms in total. The van der Waals surface area contributed by atoms with Crippen molar-refractivity contribution >= 4 is 23.6 Å². The summed E-state index contributed by atoms with van der Waals surface area (Å²) in [5.74, 6) is -1.28. The molecule has 0 aliphatic carbocycles. The number of carbonyl (C=O) groups excluding carboxylic acids is 2. The van der Waals surface area contributed by atoms with Gasteiger partial charge in [-0.15, -0.1) is 0 Å². The Hall–Kier alpha value is -2.37. The van der Waals surface area contributed by atoms with Gasteiger partial charge in [0.2, 0.25) is 5.91 Å². The number of carbonyl (C=O) groups is 3. The normalized spacial score (nSPS) is 10.0. The Bertz CT molecular complexity index is 528. The summed E-state index contributed by atoms with van der Waals surface area (Å²) in [5.41, 5.74) is 1.72. The number of imide groups is 1. The maximum absolute atomic E-state index is 11.9. The number of aliphatic carboxylic acids is 1. The molecule has 1 rings (SSSR count). The number of amides is 3. The summed E-state index contributed by atoms with van der Waals surface area (Å²) in [6.07, 6.45) is 1.04. The largest absolute Gasteiger partial charge is 0.481 e. The van der Waals surface area contributed by atoms with Crippen LogP contribution in [-0.4, -0.2) is 30.1 Å². The van der Waals surface area contributed by atoms with E-state index in [1.165, 1.54) is 4.90 Å². The van der Waals surface area contributed by atoms with Gasteiger partial charge in [-0.25, -0.2) is 4.79 Å². The molecule has 0 aliphatic rings. The predicted octanol–water partition coefficient (Wildman–Crippen LogP) is 2.31. The number of aryl methyl sites for hydroxylation is 1. The highest BCUT2D eigenvalue weighted by atomic mass is 16.4. The Morgan fingerprint density at radius 1 is 1.19 bits per heavy atom. The lowest BCUT2D eigenvalue weighted by Crippen LogP contribution is -2.40. The summed E-state index contributed by atoms with van der Waals surface area (Å²) < 4.78 is 0. The van der Waals surface area contributed by atoms with Gasteiger partial charge in [0, 0.05) is 25.6 Å². The summed E-state index contributed by atoms with van der Waals surface area (Å²) >= 11 is 0. The van der Waals surface area contributed by atoms with Crippen LogP contribution in [0.4, 0.5) is 10.5 Å². The van der Waals surface area contributed by atoms with E-state index in [2.05, 4.69) is 5.32 Å². The van der Waals surface area contributed by atoms with Crippen LogP contribution in [0.1, 0.15) is 31.2 Å². The Morgan fingerprint density at radius 2 is 1.86 bits per heavy atom. The van der Waals surface area contributed by atoms with Gasteiger partial charge in [-0.1, -0.05) is 12.1 Å². The topological polar surface area (TPSA) is 86.7 Å². The molecule has 0 heterocycles. The number of unbranched alkanes of at least 4 members (excludes halogenated alkanes) is 1. The number of anilines is 1. The highest BCUT2D eigenvalue weighted by molar-refractivity contribution is 6.02. The summed E-state index contributed by atoms with van der Waals surface area (Å²) in [5, 5.41) is 10.8. The summed E-state index contributed by atoms with van der Waals surface area (Å²) in [6.45, 7) is 1.92. The molecule has 3 amide bonds. The molecule has 21 heavy (non-hydrogen) atoms. The average molecular weight is 292 g/mol. The first-order chi connectivity index (χ1) is 9.90. The summed E-state index contributed by atoms with van der Waals surface area (Å²) in [7, 11) is 1.59. The summed E-state index contributed by atoms with van der Waals surface area (Å²) in [6, 6.07) is 6.88. The van der Waals surface area contributed by atoms with Crippen molar-refractivity contribution in [2.75, 3.05) is 11.9 Å². The Labute approximate surface area is 123 Å². The van der Waals surface area contributed by atoms with E-state index in [1.54, 1.807) is 13.1 Å². The van der Waals surface area contributed by atoms with E-state index in [9.17, 15) is 14.4 Å². The highest BCUT2D eigenvalue weighted by Gasteiger charge is 2.14. The van der Waals surface area contributed by atoms with Crippen molar-refractivity contribution in [3.05, 3.63) is 29.8 Å². The third-order valence-electron chi connectivity index (χ3n) is 2.98. The average Bonchev–Trinajstić information content (AvgIpc) is 2.42.